The standard InChI is InChI=1S/C14H13ClFNO/c1-9-6-12(17)4-5-14(9)18-8-10-2-3-11(15)7-13(10)16/h2-7H,8,17H2,1H3. The normalized spacial score (nSPS) is 10.4. The van der Waals surface area contributed by atoms with E-state index in [-0.39, 0.29) is 12.4 Å². The maximum Gasteiger partial charge on any atom is 0.131 e. The van der Waals surface area contributed by atoms with Gasteiger partial charge in [-0.15, -0.1) is 0 Å². The number of hydrogen-bond acceptors (Lipinski definition) is 2. The Morgan fingerprint density at radius 2 is 2.00 bits per heavy atom. The Bertz CT molecular complexity index is 520. The molecule has 0 aliphatic heterocycles. The van der Waals surface area contributed by atoms with E-state index in [1.807, 2.05) is 13.0 Å². The summed E-state index contributed by atoms with van der Waals surface area (Å²) in [5, 5.41) is 0.375. The molecule has 0 fully saturated rings. The van der Waals surface area contributed by atoms with E-state index in [0.29, 0.717) is 22.0 Å². The zero-order valence-corrected chi connectivity index (χ0v) is 10.7. The molecule has 0 heterocycles. The van der Waals surface area contributed by atoms with Crippen LogP contribution in [0.2, 0.25) is 5.02 Å². The highest BCUT2D eigenvalue weighted by Gasteiger charge is 2.05. The third-order valence-corrected chi connectivity index (χ3v) is 2.83. The van der Waals surface area contributed by atoms with Gasteiger partial charge in [0.1, 0.15) is 18.2 Å². The lowest BCUT2D eigenvalue weighted by Crippen LogP contribution is -2.00. The van der Waals surface area contributed by atoms with E-state index in [2.05, 4.69) is 0 Å². The second-order valence-corrected chi connectivity index (χ2v) is 4.49. The van der Waals surface area contributed by atoms with Gasteiger partial charge in [-0.05, 0) is 42.8 Å². The highest BCUT2D eigenvalue weighted by Crippen LogP contribution is 2.22. The Hall–Kier alpha value is -1.74. The van der Waals surface area contributed by atoms with Crippen molar-refractivity contribution in [3.63, 3.8) is 0 Å². The second-order valence-electron chi connectivity index (χ2n) is 4.05. The molecule has 2 nitrogen and oxygen atoms in total. The van der Waals surface area contributed by atoms with Gasteiger partial charge in [0.15, 0.2) is 0 Å². The molecule has 0 saturated heterocycles. The summed E-state index contributed by atoms with van der Waals surface area (Å²) in [6.07, 6.45) is 0. The average Bonchev–Trinajstić information content (AvgIpc) is 2.30. The molecule has 0 amide bonds. The zero-order valence-electron chi connectivity index (χ0n) is 9.91. The molecule has 0 saturated carbocycles. The Morgan fingerprint density at radius 3 is 2.67 bits per heavy atom. The Balaban J connectivity index is 2.11. The van der Waals surface area contributed by atoms with Gasteiger partial charge in [0.2, 0.25) is 0 Å². The number of benzene rings is 2. The molecule has 0 unspecified atom stereocenters. The summed E-state index contributed by atoms with van der Waals surface area (Å²) in [6, 6.07) is 9.87. The molecule has 0 radical (unpaired) electrons. The quantitative estimate of drug-likeness (QED) is 0.853. The lowest BCUT2D eigenvalue weighted by molar-refractivity contribution is 0.298. The van der Waals surface area contributed by atoms with Crippen molar-refractivity contribution in [3.05, 3.63) is 58.4 Å². The SMILES string of the molecule is Cc1cc(N)ccc1OCc1ccc(Cl)cc1F. The van der Waals surface area contributed by atoms with Crippen LogP contribution >= 0.6 is 11.6 Å². The van der Waals surface area contributed by atoms with Gasteiger partial charge in [-0.1, -0.05) is 17.7 Å². The topological polar surface area (TPSA) is 35.2 Å². The molecule has 2 aromatic carbocycles. The fourth-order valence-electron chi connectivity index (χ4n) is 1.63. The molecule has 0 aliphatic carbocycles. The molecule has 2 N–H and O–H groups in total. The molecule has 2 rings (SSSR count). The third-order valence-electron chi connectivity index (χ3n) is 2.60. The van der Waals surface area contributed by atoms with Crippen LogP contribution < -0.4 is 10.5 Å². The minimum Gasteiger partial charge on any atom is -0.489 e. The van der Waals surface area contributed by atoms with Crippen LogP contribution in [-0.2, 0) is 6.61 Å². The fraction of sp³-hybridized carbons (Fsp3) is 0.143. The molecular formula is C14H13ClFNO. The molecule has 4 heteroatoms. The lowest BCUT2D eigenvalue weighted by atomic mass is 10.2. The van der Waals surface area contributed by atoms with E-state index in [9.17, 15) is 4.39 Å². The number of hydrogen-bond donors (Lipinski definition) is 1. The monoisotopic (exact) mass is 265 g/mol. The summed E-state index contributed by atoms with van der Waals surface area (Å²) in [5.41, 5.74) is 7.71. The summed E-state index contributed by atoms with van der Waals surface area (Å²) in [5.74, 6) is 0.328. The largest absolute Gasteiger partial charge is 0.489 e. The van der Waals surface area contributed by atoms with Gasteiger partial charge in [-0.25, -0.2) is 4.39 Å². The van der Waals surface area contributed by atoms with E-state index in [0.717, 1.165) is 5.56 Å². The van der Waals surface area contributed by atoms with Gasteiger partial charge < -0.3 is 10.5 Å². The highest BCUT2D eigenvalue weighted by atomic mass is 35.5. The molecule has 94 valence electrons. The molecule has 0 spiro atoms. The maximum absolute atomic E-state index is 13.5. The Labute approximate surface area is 110 Å². The number of aryl methyl sites for hydroxylation is 1. The van der Waals surface area contributed by atoms with Crippen LogP contribution in [0.4, 0.5) is 10.1 Å². The number of ether oxygens (including phenoxy) is 1. The first kappa shape index (κ1) is 12.7. The molecule has 2 aromatic rings. The maximum atomic E-state index is 13.5. The number of rotatable bonds is 3. The van der Waals surface area contributed by atoms with Gasteiger partial charge in [-0.2, -0.15) is 0 Å². The van der Waals surface area contributed by atoms with Crippen molar-refractivity contribution in [2.75, 3.05) is 5.73 Å². The van der Waals surface area contributed by atoms with E-state index in [4.69, 9.17) is 22.1 Å². The van der Waals surface area contributed by atoms with Crippen molar-refractivity contribution < 1.29 is 9.13 Å². The van der Waals surface area contributed by atoms with Gasteiger partial charge in [0.05, 0.1) is 0 Å². The van der Waals surface area contributed by atoms with Gasteiger partial charge in [0.25, 0.3) is 0 Å². The van der Waals surface area contributed by atoms with E-state index in [1.54, 1.807) is 24.3 Å². The third kappa shape index (κ3) is 2.93. The van der Waals surface area contributed by atoms with Crippen molar-refractivity contribution in [2.24, 2.45) is 0 Å². The van der Waals surface area contributed by atoms with Crippen LogP contribution in [-0.4, -0.2) is 0 Å². The average molecular weight is 266 g/mol. The molecule has 0 aromatic heterocycles. The van der Waals surface area contributed by atoms with Crippen LogP contribution in [0.5, 0.6) is 5.75 Å². The summed E-state index contributed by atoms with van der Waals surface area (Å²) in [7, 11) is 0. The smallest absolute Gasteiger partial charge is 0.131 e. The van der Waals surface area contributed by atoms with Crippen LogP contribution in [0.15, 0.2) is 36.4 Å². The van der Waals surface area contributed by atoms with Crippen LogP contribution in [0.25, 0.3) is 0 Å². The first-order chi connectivity index (χ1) is 8.56. The number of nitrogen functional groups attached to an aromatic ring is 1. The highest BCUT2D eigenvalue weighted by molar-refractivity contribution is 6.30. The predicted octanol–water partition coefficient (Wildman–Crippen LogP) is 3.95. The predicted molar refractivity (Wildman–Crippen MR) is 71.3 cm³/mol. The molecule has 0 aliphatic rings. The van der Waals surface area contributed by atoms with Gasteiger partial charge >= 0.3 is 0 Å². The lowest BCUT2D eigenvalue weighted by Gasteiger charge is -2.10. The number of nitrogens with two attached hydrogens (primary N) is 1. The first-order valence-corrected chi connectivity index (χ1v) is 5.87. The molecule has 0 bridgehead atoms. The van der Waals surface area contributed by atoms with E-state index in [1.165, 1.54) is 6.07 Å². The summed E-state index contributed by atoms with van der Waals surface area (Å²) in [4.78, 5) is 0. The fourth-order valence-corrected chi connectivity index (χ4v) is 1.79. The van der Waals surface area contributed by atoms with E-state index < -0.39 is 0 Å². The zero-order chi connectivity index (χ0) is 13.1. The van der Waals surface area contributed by atoms with Crippen LogP contribution in [0, 0.1) is 12.7 Å². The molecule has 18 heavy (non-hydrogen) atoms. The van der Waals surface area contributed by atoms with Crippen molar-refractivity contribution in [2.45, 2.75) is 13.5 Å². The Morgan fingerprint density at radius 1 is 1.22 bits per heavy atom. The Kier molecular flexibility index (Phi) is 3.72. The van der Waals surface area contributed by atoms with E-state index >= 15 is 0 Å². The van der Waals surface area contributed by atoms with Crippen molar-refractivity contribution in [3.8, 4) is 5.75 Å². The molecule has 0 atom stereocenters. The van der Waals surface area contributed by atoms with Gasteiger partial charge in [0, 0.05) is 16.3 Å². The van der Waals surface area contributed by atoms with Crippen LogP contribution in [0.1, 0.15) is 11.1 Å². The van der Waals surface area contributed by atoms with Gasteiger partial charge in [-0.3, -0.25) is 0 Å². The van der Waals surface area contributed by atoms with Crippen molar-refractivity contribution in [1.29, 1.82) is 0 Å². The number of halogens is 2. The van der Waals surface area contributed by atoms with Crippen molar-refractivity contribution in [1.82, 2.24) is 0 Å². The first-order valence-electron chi connectivity index (χ1n) is 5.49. The van der Waals surface area contributed by atoms with Crippen molar-refractivity contribution >= 4 is 17.3 Å². The minimum atomic E-state index is -0.365. The minimum absolute atomic E-state index is 0.160. The van der Waals surface area contributed by atoms with Crippen LogP contribution in [0.3, 0.4) is 0 Å². The summed E-state index contributed by atoms with van der Waals surface area (Å²) < 4.78 is 19.1. The summed E-state index contributed by atoms with van der Waals surface area (Å²) in [6.45, 7) is 2.05. The second kappa shape index (κ2) is 5.27. The molecular weight excluding hydrogens is 253 g/mol. The summed E-state index contributed by atoms with van der Waals surface area (Å²) >= 11 is 5.68. The number of anilines is 1.